The third-order valence-corrected chi connectivity index (χ3v) is 6.38. The minimum atomic E-state index is -3.80. The first kappa shape index (κ1) is 19.1. The van der Waals surface area contributed by atoms with Gasteiger partial charge in [-0.1, -0.05) is 0 Å². The van der Waals surface area contributed by atoms with Gasteiger partial charge >= 0.3 is 141 Å². The molecule has 0 atom stereocenters. The van der Waals surface area contributed by atoms with Crippen molar-refractivity contribution in [2.45, 2.75) is 78.6 Å². The van der Waals surface area contributed by atoms with Crippen molar-refractivity contribution in [2.75, 3.05) is 0 Å². The zero-order valence-electron chi connectivity index (χ0n) is 13.5. The van der Waals surface area contributed by atoms with E-state index in [1.54, 1.807) is 11.3 Å². The Bertz CT molecular complexity index is 443. The summed E-state index contributed by atoms with van der Waals surface area (Å²) in [5.74, 6) is 0. The second-order valence-corrected chi connectivity index (χ2v) is 8.62. The molecule has 0 unspecified atom stereocenters. The molecule has 0 saturated heterocycles. The van der Waals surface area contributed by atoms with E-state index in [0.717, 1.165) is 37.2 Å². The topological polar surface area (TPSA) is 46.5 Å². The summed E-state index contributed by atoms with van der Waals surface area (Å²) in [6, 6.07) is 0. The molecule has 0 aliphatic heterocycles. The molecule has 120 valence electrons. The SMILES string of the molecule is CCCCc1sc([O][Sn](=[O])[OH])c(CCCC)c1CCCC. The molecular formula is C16H28O3SSn. The van der Waals surface area contributed by atoms with E-state index < -0.39 is 20.6 Å². The first-order chi connectivity index (χ1) is 10.1. The van der Waals surface area contributed by atoms with E-state index in [1.807, 2.05) is 0 Å². The molecule has 0 radical (unpaired) electrons. The molecule has 0 aliphatic carbocycles. The predicted octanol–water partition coefficient (Wildman–Crippen LogP) is 4.56. The molecule has 1 aromatic rings. The predicted molar refractivity (Wildman–Crippen MR) is 89.4 cm³/mol. The molecule has 21 heavy (non-hydrogen) atoms. The van der Waals surface area contributed by atoms with Crippen molar-refractivity contribution in [2.24, 2.45) is 0 Å². The van der Waals surface area contributed by atoms with E-state index in [1.165, 1.54) is 41.7 Å². The van der Waals surface area contributed by atoms with Gasteiger partial charge in [-0.3, -0.25) is 0 Å². The van der Waals surface area contributed by atoms with Crippen LogP contribution in [0.5, 0.6) is 5.06 Å². The van der Waals surface area contributed by atoms with Gasteiger partial charge in [-0.05, 0) is 0 Å². The summed E-state index contributed by atoms with van der Waals surface area (Å²) >= 11 is -2.17. The number of hydrogen-bond donors (Lipinski definition) is 1. The quantitative estimate of drug-likeness (QED) is 0.535. The molecule has 0 fully saturated rings. The van der Waals surface area contributed by atoms with Crippen LogP contribution in [0.4, 0.5) is 0 Å². The molecule has 5 heteroatoms. The summed E-state index contributed by atoms with van der Waals surface area (Å²) in [7, 11) is 0. The number of unbranched alkanes of at least 4 members (excludes halogenated alkanes) is 3. The second-order valence-electron chi connectivity index (χ2n) is 5.45. The second kappa shape index (κ2) is 10.7. The normalized spacial score (nSPS) is 10.9. The van der Waals surface area contributed by atoms with E-state index in [2.05, 4.69) is 20.8 Å². The third-order valence-electron chi connectivity index (χ3n) is 3.66. The molecular weight excluding hydrogens is 391 g/mol. The summed E-state index contributed by atoms with van der Waals surface area (Å²) < 4.78 is 25.8. The van der Waals surface area contributed by atoms with Crippen LogP contribution in [0.2, 0.25) is 0 Å². The monoisotopic (exact) mass is 420 g/mol. The van der Waals surface area contributed by atoms with Crippen LogP contribution < -0.4 is 3.07 Å². The maximum atomic E-state index is 11.2. The van der Waals surface area contributed by atoms with Crippen LogP contribution in [-0.4, -0.2) is 24.0 Å². The molecule has 0 aliphatic rings. The Morgan fingerprint density at radius 1 is 0.952 bits per heavy atom. The molecule has 1 aromatic heterocycles. The van der Waals surface area contributed by atoms with Crippen LogP contribution in [0.3, 0.4) is 0 Å². The van der Waals surface area contributed by atoms with Gasteiger partial charge in [0, 0.05) is 0 Å². The van der Waals surface area contributed by atoms with E-state index in [0.29, 0.717) is 0 Å². The van der Waals surface area contributed by atoms with Crippen molar-refractivity contribution in [1.29, 1.82) is 0 Å². The molecule has 0 aromatic carbocycles. The van der Waals surface area contributed by atoms with Crippen molar-refractivity contribution in [3.63, 3.8) is 0 Å². The van der Waals surface area contributed by atoms with Crippen LogP contribution in [0, 0.1) is 0 Å². The van der Waals surface area contributed by atoms with Gasteiger partial charge in [0.15, 0.2) is 0 Å². The maximum absolute atomic E-state index is 11.2. The minimum absolute atomic E-state index is 0.743. The fourth-order valence-corrected chi connectivity index (χ4v) is 5.33. The van der Waals surface area contributed by atoms with Crippen LogP contribution in [-0.2, 0) is 22.3 Å². The van der Waals surface area contributed by atoms with Gasteiger partial charge in [-0.2, -0.15) is 0 Å². The van der Waals surface area contributed by atoms with E-state index >= 15 is 0 Å². The van der Waals surface area contributed by atoms with Crippen LogP contribution in [0.15, 0.2) is 0 Å². The van der Waals surface area contributed by atoms with Crippen molar-refractivity contribution < 1.29 is 9.59 Å². The molecule has 0 amide bonds. The van der Waals surface area contributed by atoms with E-state index in [4.69, 9.17) is 3.07 Å². The Kier molecular flexibility index (Phi) is 9.76. The molecule has 0 spiro atoms. The van der Waals surface area contributed by atoms with Crippen LogP contribution >= 0.6 is 11.3 Å². The zero-order valence-corrected chi connectivity index (χ0v) is 17.2. The van der Waals surface area contributed by atoms with Crippen molar-refractivity contribution in [1.82, 2.24) is 0 Å². The fraction of sp³-hybridized carbons (Fsp3) is 0.750. The number of hydrogen-bond acceptors (Lipinski definition) is 3. The first-order valence-electron chi connectivity index (χ1n) is 8.18. The summed E-state index contributed by atoms with van der Waals surface area (Å²) in [6.07, 6.45) is 10.1. The standard InChI is InChI=1S/C16H28OS.H2O.O.Sn/c1-4-7-10-13-14(11-8-5-2)16(17)18-15(13)12-9-6-3;;;/h17H,4-12H2,1-3H3;1H2;;/q;;;+2/p-2. The van der Waals surface area contributed by atoms with E-state index in [-0.39, 0.29) is 0 Å². The van der Waals surface area contributed by atoms with Gasteiger partial charge in [0.25, 0.3) is 0 Å². The van der Waals surface area contributed by atoms with Gasteiger partial charge in [0.2, 0.25) is 0 Å². The molecule has 1 heterocycles. The average Bonchev–Trinajstić information content (AvgIpc) is 2.76. The van der Waals surface area contributed by atoms with Gasteiger partial charge in [-0.15, -0.1) is 0 Å². The Labute approximate surface area is 140 Å². The summed E-state index contributed by atoms with van der Waals surface area (Å²) in [5.41, 5.74) is 2.65. The van der Waals surface area contributed by atoms with Gasteiger partial charge in [-0.25, -0.2) is 0 Å². The molecule has 1 rings (SSSR count). The summed E-state index contributed by atoms with van der Waals surface area (Å²) in [5, 5.41) is 0.743. The Morgan fingerprint density at radius 3 is 2.00 bits per heavy atom. The fourth-order valence-electron chi connectivity index (χ4n) is 2.48. The van der Waals surface area contributed by atoms with Crippen LogP contribution in [0.25, 0.3) is 0 Å². The van der Waals surface area contributed by atoms with Gasteiger partial charge in [0.1, 0.15) is 0 Å². The first-order valence-corrected chi connectivity index (χ1v) is 12.6. The third kappa shape index (κ3) is 6.36. The van der Waals surface area contributed by atoms with Gasteiger partial charge < -0.3 is 0 Å². The van der Waals surface area contributed by atoms with Gasteiger partial charge in [0.05, 0.1) is 0 Å². The van der Waals surface area contributed by atoms with Crippen molar-refractivity contribution in [3.8, 4) is 5.06 Å². The van der Waals surface area contributed by atoms with Crippen molar-refractivity contribution in [3.05, 3.63) is 16.0 Å². The Hall–Kier alpha value is 0.0587. The summed E-state index contributed by atoms with van der Waals surface area (Å²) in [4.78, 5) is 1.39. The average molecular weight is 419 g/mol. The molecule has 0 saturated carbocycles. The number of aryl methyl sites for hydroxylation is 1. The molecule has 3 nitrogen and oxygen atoms in total. The molecule has 1 N–H and O–H groups in total. The zero-order chi connectivity index (χ0) is 15.7. The van der Waals surface area contributed by atoms with E-state index in [9.17, 15) is 6.52 Å². The molecule has 0 bridgehead atoms. The Morgan fingerprint density at radius 2 is 1.48 bits per heavy atom. The Balaban J connectivity index is 3.08. The van der Waals surface area contributed by atoms with Crippen molar-refractivity contribution >= 4 is 31.9 Å². The number of rotatable bonds is 11. The summed E-state index contributed by atoms with van der Waals surface area (Å²) in [6.45, 7) is 6.59. The van der Waals surface area contributed by atoms with Crippen LogP contribution in [0.1, 0.15) is 75.3 Å². The number of thiophene rings is 1.